The minimum Gasteiger partial charge on any atom is -0.493 e. The van der Waals surface area contributed by atoms with Crippen LogP contribution in [0.2, 0.25) is 0 Å². The summed E-state index contributed by atoms with van der Waals surface area (Å²) in [4.78, 5) is 76.1. The lowest BCUT2D eigenvalue weighted by molar-refractivity contribution is -0.288. The van der Waals surface area contributed by atoms with E-state index < -0.39 is 110 Å². The van der Waals surface area contributed by atoms with Crippen molar-refractivity contribution >= 4 is 52.5 Å². The number of anilines is 1. The molecular weight excluding hydrogens is 953 g/mol. The minimum absolute atomic E-state index is 0.0229. The topological polar surface area (TPSA) is 302 Å². The Balaban J connectivity index is 1.43. The van der Waals surface area contributed by atoms with Crippen LogP contribution in [0.15, 0.2) is 41.2 Å². The number of amides is 1. The lowest BCUT2D eigenvalue weighted by Gasteiger charge is -2.44. The third kappa shape index (κ3) is 14.3. The monoisotopic (exact) mass is 1020 g/mol. The molecular formula is C49H64N2O21. The van der Waals surface area contributed by atoms with E-state index in [1.807, 2.05) is 0 Å². The van der Waals surface area contributed by atoms with E-state index in [1.54, 1.807) is 6.07 Å². The molecule has 1 amide bonds. The third-order valence-electron chi connectivity index (χ3n) is 11.5. The van der Waals surface area contributed by atoms with Crippen molar-refractivity contribution in [2.75, 3.05) is 39.4 Å². The zero-order valence-corrected chi connectivity index (χ0v) is 41.4. The third-order valence-corrected chi connectivity index (χ3v) is 11.5. The van der Waals surface area contributed by atoms with Crippen molar-refractivity contribution in [3.05, 3.63) is 52.3 Å². The molecule has 0 spiro atoms. The molecule has 3 aromatic rings. The molecule has 0 radical (unpaired) electrons. The highest BCUT2D eigenvalue weighted by Gasteiger charge is 2.54. The van der Waals surface area contributed by atoms with E-state index in [4.69, 9.17) is 52.1 Å². The molecule has 2 aromatic carbocycles. The zero-order chi connectivity index (χ0) is 52.8. The molecule has 2 saturated heterocycles. The number of fused-ring (bicyclic) bond motifs is 1. The number of benzene rings is 2. The second-order valence-corrected chi connectivity index (χ2v) is 16.9. The van der Waals surface area contributed by atoms with Gasteiger partial charge in [0.1, 0.15) is 37.1 Å². The lowest BCUT2D eigenvalue weighted by Crippen LogP contribution is -2.63. The van der Waals surface area contributed by atoms with Gasteiger partial charge in [-0.3, -0.25) is 28.8 Å². The number of methoxy groups -OCH3 is 2. The Kier molecular flexibility index (Phi) is 20.6. The van der Waals surface area contributed by atoms with Gasteiger partial charge in [0.25, 0.3) is 5.56 Å². The normalized spacial score (nSPS) is 23.9. The Hall–Kier alpha value is -6.50. The van der Waals surface area contributed by atoms with Crippen molar-refractivity contribution in [1.29, 1.82) is 0 Å². The maximum absolute atomic E-state index is 13.9. The number of nitrogens with one attached hydrogen (secondary N) is 1. The highest BCUT2D eigenvalue weighted by atomic mass is 16.7. The Bertz CT molecular complexity index is 2450. The number of hydrogen-bond donors (Lipinski definition) is 5. The lowest BCUT2D eigenvalue weighted by atomic mass is 9.98. The Morgan fingerprint density at radius 3 is 1.92 bits per heavy atom. The van der Waals surface area contributed by atoms with Crippen molar-refractivity contribution in [3.63, 3.8) is 0 Å². The Morgan fingerprint density at radius 2 is 1.31 bits per heavy atom. The Labute approximate surface area is 414 Å². The van der Waals surface area contributed by atoms with Crippen LogP contribution in [0.4, 0.5) is 5.69 Å². The number of nitrogens with zero attached hydrogens (tertiary/aromatic N) is 1. The van der Waals surface area contributed by atoms with Gasteiger partial charge in [0.15, 0.2) is 29.5 Å². The van der Waals surface area contributed by atoms with Gasteiger partial charge in [0, 0.05) is 51.9 Å². The molecule has 1 aromatic heterocycles. The number of aryl methyl sites for hydroxylation is 1. The number of esters is 4. The molecule has 2 fully saturated rings. The number of ether oxygens (including phenoxy) is 11. The molecule has 2 aliphatic heterocycles. The number of aliphatic hydroxyl groups is 4. The largest absolute Gasteiger partial charge is 0.493 e. The maximum Gasteiger partial charge on any atom is 0.303 e. The quantitative estimate of drug-likeness (QED) is 0.0395. The number of rotatable bonds is 23. The molecule has 0 saturated carbocycles. The van der Waals surface area contributed by atoms with Crippen LogP contribution < -0.4 is 34.6 Å². The van der Waals surface area contributed by atoms with E-state index in [9.17, 15) is 49.2 Å². The molecule has 72 heavy (non-hydrogen) atoms. The first-order valence-corrected chi connectivity index (χ1v) is 23.3. The highest BCUT2D eigenvalue weighted by molar-refractivity contribution is 6.03. The van der Waals surface area contributed by atoms with E-state index in [1.165, 1.54) is 62.3 Å². The van der Waals surface area contributed by atoms with Crippen LogP contribution in [0.5, 0.6) is 28.7 Å². The molecule has 0 unspecified atom stereocenters. The predicted octanol–water partition coefficient (Wildman–Crippen LogP) is 2.59. The average molecular weight is 1020 g/mol. The van der Waals surface area contributed by atoms with Gasteiger partial charge in [0.05, 0.1) is 33.0 Å². The summed E-state index contributed by atoms with van der Waals surface area (Å²) in [5, 5.41) is 44.5. The van der Waals surface area contributed by atoms with Crippen LogP contribution in [-0.4, -0.2) is 150 Å². The Morgan fingerprint density at radius 1 is 0.708 bits per heavy atom. The predicted molar refractivity (Wildman–Crippen MR) is 252 cm³/mol. The number of pyridine rings is 1. The number of carbonyl (C=O) groups is 5. The zero-order valence-electron chi connectivity index (χ0n) is 41.4. The summed E-state index contributed by atoms with van der Waals surface area (Å²) >= 11 is 0. The summed E-state index contributed by atoms with van der Waals surface area (Å²) in [6.45, 7) is 5.47. The highest BCUT2D eigenvalue weighted by Crippen LogP contribution is 2.42. The van der Waals surface area contributed by atoms with Gasteiger partial charge < -0.3 is 82.4 Å². The summed E-state index contributed by atoms with van der Waals surface area (Å²) in [7, 11) is 4.12. The average Bonchev–Trinajstić information content (AvgIpc) is 3.33. The standard InChI is InChI=1S/C49H64N2O21/c1-9-10-11-12-13-14-19-64-45-41(71-48-40(60)39(59)38(58)35(23-52)69-48)31-17-16-30(22-32(31)51(6)47(45)61)50-37(57)18-15-29-20-33(62-7)42(34(21-29)63-8)72-49-46(68-28(5)56)44(67-27(4)55)43(66-26(3)54)36(70-49)24-65-25(2)53/h15-18,20-22,35-36,38-40,43-44,46,48-49,52,58-60H,9-14,19,23-24H2,1-8H3,(H,50,57)/b18-15+/t35-,36-,38+,39+,40-,43+,44+,46-,48+,49+/m1/s1. The van der Waals surface area contributed by atoms with Crippen LogP contribution in [0.25, 0.3) is 17.0 Å². The van der Waals surface area contributed by atoms with Crippen molar-refractivity contribution in [2.45, 2.75) is 135 Å². The molecule has 5 rings (SSSR count). The summed E-state index contributed by atoms with van der Waals surface area (Å²) in [6, 6.07) is 7.53. The maximum atomic E-state index is 13.9. The van der Waals surface area contributed by atoms with Crippen LogP contribution in [0, 0.1) is 0 Å². The first kappa shape index (κ1) is 56.4. The molecule has 3 heterocycles. The number of carbonyl (C=O) groups excluding carboxylic acids is 5. The molecule has 0 bridgehead atoms. The van der Waals surface area contributed by atoms with E-state index in [2.05, 4.69) is 12.2 Å². The summed E-state index contributed by atoms with van der Waals surface area (Å²) in [5.74, 6) is -4.21. The van der Waals surface area contributed by atoms with Crippen LogP contribution >= 0.6 is 0 Å². The summed E-state index contributed by atoms with van der Waals surface area (Å²) in [6.07, 6.45) is -7.21. The van der Waals surface area contributed by atoms with E-state index in [-0.39, 0.29) is 46.6 Å². The molecule has 0 aliphatic carbocycles. The number of aliphatic hydroxyl groups excluding tert-OH is 4. The van der Waals surface area contributed by atoms with E-state index >= 15 is 0 Å². The van der Waals surface area contributed by atoms with Crippen LogP contribution in [0.3, 0.4) is 0 Å². The van der Waals surface area contributed by atoms with E-state index in [0.29, 0.717) is 17.4 Å². The molecule has 23 nitrogen and oxygen atoms in total. The fourth-order valence-electron chi connectivity index (χ4n) is 8.01. The number of aromatic nitrogens is 1. The van der Waals surface area contributed by atoms with Crippen molar-refractivity contribution in [2.24, 2.45) is 7.05 Å². The van der Waals surface area contributed by atoms with Crippen molar-refractivity contribution in [1.82, 2.24) is 4.57 Å². The molecule has 396 valence electrons. The van der Waals surface area contributed by atoms with Gasteiger partial charge in [0.2, 0.25) is 36.1 Å². The van der Waals surface area contributed by atoms with Crippen molar-refractivity contribution in [3.8, 4) is 28.7 Å². The van der Waals surface area contributed by atoms with Gasteiger partial charge >= 0.3 is 23.9 Å². The smallest absolute Gasteiger partial charge is 0.303 e. The van der Waals surface area contributed by atoms with Gasteiger partial charge in [-0.25, -0.2) is 0 Å². The van der Waals surface area contributed by atoms with Crippen LogP contribution in [0.1, 0.15) is 78.7 Å². The van der Waals surface area contributed by atoms with Gasteiger partial charge in [-0.2, -0.15) is 0 Å². The molecule has 2 aliphatic rings. The SMILES string of the molecule is CCCCCCCCOc1c(O[C@@H]2O[C@H](CO)[C@H](O)[C@H](O)[C@H]2O)c2ccc(NC(=O)/C=C/c3cc(OC)c(O[C@@H]4O[C@H](COC(C)=O)[C@H](OC(C)=O)[C@H](OC(C)=O)[C@H]4OC(C)=O)c(OC)c3)cc2n(C)c1=O. The molecule has 10 atom stereocenters. The van der Waals surface area contributed by atoms with Gasteiger partial charge in [-0.15, -0.1) is 0 Å². The van der Waals surface area contributed by atoms with Gasteiger partial charge in [-0.05, 0) is 48.4 Å². The molecule has 5 N–H and O–H groups in total. The van der Waals surface area contributed by atoms with Crippen LogP contribution in [-0.2, 0) is 59.4 Å². The van der Waals surface area contributed by atoms with Gasteiger partial charge in [-0.1, -0.05) is 39.0 Å². The summed E-state index contributed by atoms with van der Waals surface area (Å²) < 4.78 is 64.2. The number of hydrogen-bond acceptors (Lipinski definition) is 21. The fourth-order valence-corrected chi connectivity index (χ4v) is 8.01. The minimum atomic E-state index is -1.79. The first-order valence-electron chi connectivity index (χ1n) is 23.3. The summed E-state index contributed by atoms with van der Waals surface area (Å²) in [5.41, 5.74) is 0.239. The fraction of sp³-hybridized carbons (Fsp3) is 0.551. The second kappa shape index (κ2) is 26.3. The van der Waals surface area contributed by atoms with Crippen molar-refractivity contribution < 1.29 is 96.5 Å². The molecule has 23 heteroatoms. The van der Waals surface area contributed by atoms with E-state index in [0.717, 1.165) is 59.8 Å². The first-order chi connectivity index (χ1) is 34.3. The second-order valence-electron chi connectivity index (χ2n) is 16.9. The number of unbranched alkanes of at least 4 members (excludes halogenated alkanes) is 5.